The number of guanidine groups is 1. The molecular formula is C19H33IN4O2S. The predicted octanol–water partition coefficient (Wildman–Crippen LogP) is 2.42. The Balaban J connectivity index is 0.00000364. The molecule has 0 saturated carbocycles. The Morgan fingerprint density at radius 2 is 2.04 bits per heavy atom. The second-order valence-electron chi connectivity index (χ2n) is 6.87. The fourth-order valence-electron chi connectivity index (χ4n) is 3.49. The fraction of sp³-hybridized carbons (Fsp3) is 0.632. The van der Waals surface area contributed by atoms with E-state index in [0.717, 1.165) is 38.4 Å². The number of nitrogens with one attached hydrogen (secondary N) is 1. The minimum atomic E-state index is -3.11. The Morgan fingerprint density at radius 1 is 1.33 bits per heavy atom. The van der Waals surface area contributed by atoms with Crippen molar-refractivity contribution in [2.45, 2.75) is 26.2 Å². The van der Waals surface area contributed by atoms with Gasteiger partial charge in [-0.3, -0.25) is 4.99 Å². The first-order valence-corrected chi connectivity index (χ1v) is 11.2. The molecule has 1 aliphatic heterocycles. The van der Waals surface area contributed by atoms with Crippen molar-refractivity contribution >= 4 is 40.0 Å². The number of nitrogens with zero attached hydrogens (tertiary/aromatic N) is 3. The van der Waals surface area contributed by atoms with Crippen LogP contribution >= 0.6 is 24.0 Å². The van der Waals surface area contributed by atoms with Gasteiger partial charge in [0.2, 0.25) is 10.0 Å². The van der Waals surface area contributed by atoms with Crippen molar-refractivity contribution in [3.63, 3.8) is 0 Å². The van der Waals surface area contributed by atoms with E-state index in [4.69, 9.17) is 0 Å². The van der Waals surface area contributed by atoms with E-state index in [9.17, 15) is 8.42 Å². The summed E-state index contributed by atoms with van der Waals surface area (Å²) in [5.74, 6) is 1.57. The number of aliphatic imine (C=N–C) groups is 1. The van der Waals surface area contributed by atoms with Crippen LogP contribution in [0.3, 0.4) is 0 Å². The van der Waals surface area contributed by atoms with Crippen LogP contribution in [0.1, 0.15) is 25.3 Å². The molecule has 0 aromatic heterocycles. The number of halogens is 1. The van der Waals surface area contributed by atoms with Gasteiger partial charge in [0, 0.05) is 39.8 Å². The van der Waals surface area contributed by atoms with Crippen molar-refractivity contribution in [3.05, 3.63) is 35.9 Å². The average molecular weight is 508 g/mol. The van der Waals surface area contributed by atoms with Crippen LogP contribution in [0.15, 0.2) is 35.3 Å². The predicted molar refractivity (Wildman–Crippen MR) is 123 cm³/mol. The standard InChI is InChI=1S/C19H32N4O2S.HI/c1-4-23(26(3,24)25)13-8-12-21-19(20-2)22-14-11-18(16-22)15-17-9-6-5-7-10-17;/h5-7,9-10,18H,4,8,11-16H2,1-3H3,(H,20,21);1H. The molecule has 0 radical (unpaired) electrons. The normalized spacial score (nSPS) is 17.9. The summed E-state index contributed by atoms with van der Waals surface area (Å²) >= 11 is 0. The van der Waals surface area contributed by atoms with Gasteiger partial charge in [0.05, 0.1) is 6.26 Å². The molecule has 1 aromatic carbocycles. The summed E-state index contributed by atoms with van der Waals surface area (Å²) in [5.41, 5.74) is 1.39. The van der Waals surface area contributed by atoms with Gasteiger partial charge in [0.15, 0.2) is 5.96 Å². The van der Waals surface area contributed by atoms with E-state index in [1.807, 2.05) is 14.0 Å². The Labute approximate surface area is 181 Å². The molecule has 0 aliphatic carbocycles. The zero-order valence-electron chi connectivity index (χ0n) is 16.6. The zero-order valence-corrected chi connectivity index (χ0v) is 19.7. The molecule has 1 fully saturated rings. The van der Waals surface area contributed by atoms with Gasteiger partial charge < -0.3 is 10.2 Å². The van der Waals surface area contributed by atoms with Crippen LogP contribution in [-0.4, -0.2) is 69.6 Å². The maximum Gasteiger partial charge on any atom is 0.211 e. The van der Waals surface area contributed by atoms with E-state index in [-0.39, 0.29) is 24.0 Å². The second kappa shape index (κ2) is 11.9. The Kier molecular flexibility index (Phi) is 10.6. The van der Waals surface area contributed by atoms with E-state index >= 15 is 0 Å². The van der Waals surface area contributed by atoms with E-state index < -0.39 is 10.0 Å². The third-order valence-corrected chi connectivity index (χ3v) is 6.23. The SMILES string of the molecule is CCN(CCCNC(=NC)N1CCC(Cc2ccccc2)C1)S(C)(=O)=O.I. The molecule has 1 N–H and O–H groups in total. The van der Waals surface area contributed by atoms with Crippen LogP contribution in [0, 0.1) is 5.92 Å². The summed E-state index contributed by atoms with van der Waals surface area (Å²) in [6.07, 6.45) is 4.31. The maximum atomic E-state index is 11.6. The molecule has 2 rings (SSSR count). The summed E-state index contributed by atoms with van der Waals surface area (Å²) in [5, 5.41) is 3.38. The van der Waals surface area contributed by atoms with Crippen molar-refractivity contribution in [2.24, 2.45) is 10.9 Å². The fourth-order valence-corrected chi connectivity index (χ4v) is 4.42. The summed E-state index contributed by atoms with van der Waals surface area (Å²) in [6.45, 7) is 5.67. The van der Waals surface area contributed by atoms with Gasteiger partial charge in [0.1, 0.15) is 0 Å². The summed E-state index contributed by atoms with van der Waals surface area (Å²) in [7, 11) is -1.30. The molecule has 0 spiro atoms. The lowest BCUT2D eigenvalue weighted by Crippen LogP contribution is -2.41. The molecule has 1 heterocycles. The molecule has 1 aliphatic rings. The van der Waals surface area contributed by atoms with Crippen LogP contribution in [0.25, 0.3) is 0 Å². The lowest BCUT2D eigenvalue weighted by atomic mass is 9.99. The first-order valence-electron chi connectivity index (χ1n) is 9.38. The van der Waals surface area contributed by atoms with Crippen LogP contribution < -0.4 is 5.32 Å². The molecule has 154 valence electrons. The van der Waals surface area contributed by atoms with Gasteiger partial charge in [-0.15, -0.1) is 24.0 Å². The quantitative estimate of drug-likeness (QED) is 0.254. The Hall–Kier alpha value is -0.870. The Morgan fingerprint density at radius 3 is 2.63 bits per heavy atom. The molecule has 6 nitrogen and oxygen atoms in total. The number of hydrogen-bond donors (Lipinski definition) is 1. The molecule has 0 bridgehead atoms. The van der Waals surface area contributed by atoms with Crippen LogP contribution in [-0.2, 0) is 16.4 Å². The summed E-state index contributed by atoms with van der Waals surface area (Å²) in [6, 6.07) is 10.6. The van der Waals surface area contributed by atoms with Crippen LogP contribution in [0.5, 0.6) is 0 Å². The summed E-state index contributed by atoms with van der Waals surface area (Å²) in [4.78, 5) is 6.70. The van der Waals surface area contributed by atoms with Crippen molar-refractivity contribution in [1.29, 1.82) is 0 Å². The van der Waals surface area contributed by atoms with E-state index in [0.29, 0.717) is 19.0 Å². The topological polar surface area (TPSA) is 65.0 Å². The van der Waals surface area contributed by atoms with Gasteiger partial charge in [-0.25, -0.2) is 12.7 Å². The third-order valence-electron chi connectivity index (χ3n) is 4.85. The van der Waals surface area contributed by atoms with E-state index in [2.05, 4.69) is 45.5 Å². The highest BCUT2D eigenvalue weighted by Gasteiger charge is 2.24. The van der Waals surface area contributed by atoms with Gasteiger partial charge in [-0.05, 0) is 30.7 Å². The lowest BCUT2D eigenvalue weighted by molar-refractivity contribution is 0.419. The zero-order chi connectivity index (χ0) is 19.0. The third kappa shape index (κ3) is 7.95. The van der Waals surface area contributed by atoms with Gasteiger partial charge in [-0.2, -0.15) is 0 Å². The molecule has 1 atom stereocenters. The van der Waals surface area contributed by atoms with E-state index in [1.165, 1.54) is 22.5 Å². The molecule has 1 saturated heterocycles. The second-order valence-corrected chi connectivity index (χ2v) is 8.86. The number of likely N-dealkylation sites (tertiary alicyclic amines) is 1. The molecule has 1 aromatic rings. The minimum Gasteiger partial charge on any atom is -0.356 e. The first kappa shape index (κ1) is 24.2. The smallest absolute Gasteiger partial charge is 0.211 e. The minimum absolute atomic E-state index is 0. The van der Waals surface area contributed by atoms with E-state index in [1.54, 1.807) is 0 Å². The highest BCUT2D eigenvalue weighted by molar-refractivity contribution is 14.0. The lowest BCUT2D eigenvalue weighted by Gasteiger charge is -2.23. The van der Waals surface area contributed by atoms with Crippen molar-refractivity contribution in [2.75, 3.05) is 46.0 Å². The molecule has 8 heteroatoms. The molecule has 1 unspecified atom stereocenters. The van der Waals surface area contributed by atoms with Gasteiger partial charge >= 0.3 is 0 Å². The summed E-state index contributed by atoms with van der Waals surface area (Å²) < 4.78 is 24.7. The maximum absolute atomic E-state index is 11.6. The number of hydrogen-bond acceptors (Lipinski definition) is 3. The highest BCUT2D eigenvalue weighted by Crippen LogP contribution is 2.20. The van der Waals surface area contributed by atoms with Gasteiger partial charge in [-0.1, -0.05) is 37.3 Å². The van der Waals surface area contributed by atoms with Crippen LogP contribution in [0.4, 0.5) is 0 Å². The number of rotatable bonds is 8. The van der Waals surface area contributed by atoms with Gasteiger partial charge in [0.25, 0.3) is 0 Å². The monoisotopic (exact) mass is 508 g/mol. The molecule has 0 amide bonds. The Bertz CT molecular complexity index is 682. The molecular weight excluding hydrogens is 475 g/mol. The van der Waals surface area contributed by atoms with Crippen LogP contribution in [0.2, 0.25) is 0 Å². The molecule has 27 heavy (non-hydrogen) atoms. The highest BCUT2D eigenvalue weighted by atomic mass is 127. The largest absolute Gasteiger partial charge is 0.356 e. The van der Waals surface area contributed by atoms with Crippen molar-refractivity contribution in [3.8, 4) is 0 Å². The number of sulfonamides is 1. The number of benzene rings is 1. The van der Waals surface area contributed by atoms with Crippen molar-refractivity contribution < 1.29 is 8.42 Å². The first-order chi connectivity index (χ1) is 12.4. The van der Waals surface area contributed by atoms with Crippen molar-refractivity contribution in [1.82, 2.24) is 14.5 Å². The average Bonchev–Trinajstić information content (AvgIpc) is 3.06.